The zero-order valence-electron chi connectivity index (χ0n) is 16.5. The predicted octanol–water partition coefficient (Wildman–Crippen LogP) is 3.51. The van der Waals surface area contributed by atoms with Crippen LogP contribution in [0.2, 0.25) is 0 Å². The highest BCUT2D eigenvalue weighted by Gasteiger charge is 2.19. The molecule has 0 aliphatic heterocycles. The Hall–Kier alpha value is -2.77. The number of carbonyl (C=O) groups is 1. The molecule has 3 rings (SSSR count). The molecule has 2 atom stereocenters. The van der Waals surface area contributed by atoms with Crippen molar-refractivity contribution in [2.75, 3.05) is 12.0 Å². The van der Waals surface area contributed by atoms with Crippen molar-refractivity contribution in [2.24, 2.45) is 0 Å². The maximum Gasteiger partial charge on any atom is 0.251 e. The quantitative estimate of drug-likeness (QED) is 0.580. The fourth-order valence-corrected chi connectivity index (χ4v) is 5.22. The molecule has 3 aromatic carbocycles. The number of amides is 1. The van der Waals surface area contributed by atoms with Crippen LogP contribution in [0.4, 0.5) is 0 Å². The van der Waals surface area contributed by atoms with Crippen LogP contribution in [0.5, 0.6) is 0 Å². The minimum Gasteiger partial charge on any atom is -0.344 e. The molecular formula is C23H23NO4S2. The number of benzene rings is 3. The Labute approximate surface area is 179 Å². The van der Waals surface area contributed by atoms with Gasteiger partial charge in [0.05, 0.1) is 16.7 Å². The summed E-state index contributed by atoms with van der Waals surface area (Å²) in [4.78, 5) is 13.1. The van der Waals surface area contributed by atoms with Crippen LogP contribution in [0, 0.1) is 0 Å². The third-order valence-electron chi connectivity index (χ3n) is 4.56. The fraction of sp³-hybridized carbons (Fsp3) is 0.174. The van der Waals surface area contributed by atoms with Gasteiger partial charge in [0.15, 0.2) is 9.84 Å². The Kier molecular flexibility index (Phi) is 7.18. The zero-order chi connectivity index (χ0) is 21.6. The number of carbonyl (C=O) groups excluding carboxylic acids is 1. The number of hydrogen-bond donors (Lipinski definition) is 1. The first-order valence-corrected chi connectivity index (χ1v) is 12.8. The Morgan fingerprint density at radius 2 is 1.57 bits per heavy atom. The van der Waals surface area contributed by atoms with Crippen molar-refractivity contribution < 1.29 is 17.4 Å². The number of hydrogen-bond acceptors (Lipinski definition) is 4. The largest absolute Gasteiger partial charge is 0.344 e. The first kappa shape index (κ1) is 21.9. The molecule has 1 N–H and O–H groups in total. The molecule has 0 aliphatic carbocycles. The van der Waals surface area contributed by atoms with Gasteiger partial charge in [-0.1, -0.05) is 60.7 Å². The molecule has 0 spiro atoms. The smallest absolute Gasteiger partial charge is 0.251 e. The van der Waals surface area contributed by atoms with E-state index in [0.29, 0.717) is 11.1 Å². The van der Waals surface area contributed by atoms with E-state index in [1.807, 2.05) is 30.3 Å². The minimum absolute atomic E-state index is 0.195. The van der Waals surface area contributed by atoms with Crippen LogP contribution in [-0.2, 0) is 26.4 Å². The number of nitrogens with one attached hydrogen (secondary N) is 1. The molecule has 7 heteroatoms. The number of sulfone groups is 1. The van der Waals surface area contributed by atoms with Crippen molar-refractivity contribution in [3.05, 3.63) is 102 Å². The highest BCUT2D eigenvalue weighted by molar-refractivity contribution is 7.90. The molecule has 1 amide bonds. The van der Waals surface area contributed by atoms with Crippen molar-refractivity contribution in [1.82, 2.24) is 5.32 Å². The third kappa shape index (κ3) is 5.87. The Balaban J connectivity index is 1.79. The summed E-state index contributed by atoms with van der Waals surface area (Å²) in [6.45, 7) is 0. The van der Waals surface area contributed by atoms with Crippen LogP contribution in [0.3, 0.4) is 0 Å². The van der Waals surface area contributed by atoms with Gasteiger partial charge in [-0.15, -0.1) is 0 Å². The van der Waals surface area contributed by atoms with Gasteiger partial charge in [0.25, 0.3) is 5.91 Å². The van der Waals surface area contributed by atoms with Crippen LogP contribution in [0.25, 0.3) is 0 Å². The molecule has 5 nitrogen and oxygen atoms in total. The molecular weight excluding hydrogens is 418 g/mol. The monoisotopic (exact) mass is 441 g/mol. The average molecular weight is 442 g/mol. The standard InChI is InChI=1S/C23H23NO4S2/c1-29(26)16-22(19-10-4-2-5-11-19)24-23(25)20-12-8-9-18(15-20)17-30(27,28)21-13-6-3-7-14-21/h2-15,22H,16-17H2,1H3,(H,24,25)/t22-,29-/m1/s1. The maximum atomic E-state index is 12.8. The fourth-order valence-electron chi connectivity index (χ4n) is 3.12. The summed E-state index contributed by atoms with van der Waals surface area (Å²) in [6, 6.07) is 23.8. The first-order chi connectivity index (χ1) is 14.3. The van der Waals surface area contributed by atoms with Crippen LogP contribution in [0.1, 0.15) is 27.5 Å². The molecule has 0 fully saturated rings. The Morgan fingerprint density at radius 1 is 0.933 bits per heavy atom. The second-order valence-electron chi connectivity index (χ2n) is 6.95. The molecule has 0 bridgehead atoms. The van der Waals surface area contributed by atoms with Crippen LogP contribution >= 0.6 is 0 Å². The van der Waals surface area contributed by atoms with E-state index in [1.165, 1.54) is 0 Å². The van der Waals surface area contributed by atoms with Crippen molar-refractivity contribution in [3.63, 3.8) is 0 Å². The topological polar surface area (TPSA) is 80.3 Å². The molecule has 0 unspecified atom stereocenters. The Bertz CT molecular complexity index is 1130. The van der Waals surface area contributed by atoms with Crippen LogP contribution in [-0.4, -0.2) is 30.5 Å². The van der Waals surface area contributed by atoms with Crippen molar-refractivity contribution >= 4 is 26.5 Å². The summed E-state index contributed by atoms with van der Waals surface area (Å²) in [7, 11) is -4.61. The van der Waals surface area contributed by atoms with Crippen molar-refractivity contribution in [1.29, 1.82) is 0 Å². The molecule has 0 saturated carbocycles. The van der Waals surface area contributed by atoms with Crippen molar-refractivity contribution in [2.45, 2.75) is 16.7 Å². The SMILES string of the molecule is C[S@@](=O)C[C@@H](NC(=O)c1cccc(CS(=O)(=O)c2ccccc2)c1)c1ccccc1. The van der Waals surface area contributed by atoms with E-state index in [4.69, 9.17) is 0 Å². The van der Waals surface area contributed by atoms with Crippen LogP contribution in [0.15, 0.2) is 89.8 Å². The normalized spacial score (nSPS) is 13.4. The summed E-state index contributed by atoms with van der Waals surface area (Å²) in [5.74, 6) is -0.245. The molecule has 3 aromatic rings. The van der Waals surface area contributed by atoms with E-state index in [1.54, 1.807) is 60.9 Å². The predicted molar refractivity (Wildman–Crippen MR) is 119 cm³/mol. The maximum absolute atomic E-state index is 12.8. The van der Waals surface area contributed by atoms with E-state index < -0.39 is 26.7 Å². The molecule has 0 aliphatic rings. The number of rotatable bonds is 8. The van der Waals surface area contributed by atoms with E-state index in [0.717, 1.165) is 5.56 Å². The van der Waals surface area contributed by atoms with Gasteiger partial charge in [0.2, 0.25) is 0 Å². The summed E-state index contributed by atoms with van der Waals surface area (Å²) in [5.41, 5.74) is 1.75. The highest BCUT2D eigenvalue weighted by atomic mass is 32.2. The summed E-state index contributed by atoms with van der Waals surface area (Å²) < 4.78 is 37.0. The summed E-state index contributed by atoms with van der Waals surface area (Å²) >= 11 is 0. The van der Waals surface area contributed by atoms with Gasteiger partial charge in [-0.05, 0) is 35.4 Å². The van der Waals surface area contributed by atoms with Gasteiger partial charge in [0, 0.05) is 28.4 Å². The van der Waals surface area contributed by atoms with Crippen molar-refractivity contribution in [3.8, 4) is 0 Å². The first-order valence-electron chi connectivity index (χ1n) is 9.38. The van der Waals surface area contributed by atoms with E-state index >= 15 is 0 Å². The van der Waals surface area contributed by atoms with E-state index in [2.05, 4.69) is 5.32 Å². The second kappa shape index (κ2) is 9.82. The summed E-state index contributed by atoms with van der Waals surface area (Å²) in [5, 5.41) is 2.92. The molecule has 0 heterocycles. The Morgan fingerprint density at radius 3 is 2.20 bits per heavy atom. The molecule has 30 heavy (non-hydrogen) atoms. The van der Waals surface area contributed by atoms with Gasteiger partial charge in [0.1, 0.15) is 0 Å². The van der Waals surface area contributed by atoms with E-state index in [9.17, 15) is 17.4 Å². The van der Waals surface area contributed by atoms with Crippen LogP contribution < -0.4 is 5.32 Å². The van der Waals surface area contributed by atoms with Gasteiger partial charge in [-0.3, -0.25) is 9.00 Å². The molecule has 0 saturated heterocycles. The molecule has 0 radical (unpaired) electrons. The lowest BCUT2D eigenvalue weighted by molar-refractivity contribution is 0.0940. The van der Waals surface area contributed by atoms with Gasteiger partial charge in [-0.25, -0.2) is 8.42 Å². The summed E-state index contributed by atoms with van der Waals surface area (Å²) in [6.07, 6.45) is 1.59. The lowest BCUT2D eigenvalue weighted by Gasteiger charge is -2.18. The average Bonchev–Trinajstić information content (AvgIpc) is 2.74. The molecule has 0 aromatic heterocycles. The molecule has 156 valence electrons. The lowest BCUT2D eigenvalue weighted by Crippen LogP contribution is -2.32. The zero-order valence-corrected chi connectivity index (χ0v) is 18.2. The van der Waals surface area contributed by atoms with E-state index in [-0.39, 0.29) is 22.3 Å². The minimum atomic E-state index is -3.51. The lowest BCUT2D eigenvalue weighted by atomic mass is 10.1. The second-order valence-corrected chi connectivity index (χ2v) is 10.4. The highest BCUT2D eigenvalue weighted by Crippen LogP contribution is 2.18. The van der Waals surface area contributed by atoms with Gasteiger partial charge in [-0.2, -0.15) is 0 Å². The van der Waals surface area contributed by atoms with Gasteiger partial charge < -0.3 is 5.32 Å². The van der Waals surface area contributed by atoms with Gasteiger partial charge >= 0.3 is 0 Å². The third-order valence-corrected chi connectivity index (χ3v) is 7.06.